The third kappa shape index (κ3) is 3.21. The number of aliphatic hydroxyl groups excluding tert-OH is 1. The molecule has 4 heteroatoms. The van der Waals surface area contributed by atoms with Crippen LogP contribution in [-0.4, -0.2) is 47.7 Å². The lowest BCUT2D eigenvalue weighted by atomic mass is 10.0. The largest absolute Gasteiger partial charge is 0.391 e. The molecule has 2 aliphatic rings. The molecule has 0 spiro atoms. The van der Waals surface area contributed by atoms with Crippen molar-refractivity contribution < 1.29 is 5.11 Å². The molecule has 3 atom stereocenters. The summed E-state index contributed by atoms with van der Waals surface area (Å²) in [6.07, 6.45) is 1.81. The second kappa shape index (κ2) is 6.06. The van der Waals surface area contributed by atoms with Gasteiger partial charge >= 0.3 is 0 Å². The van der Waals surface area contributed by atoms with Gasteiger partial charge in [0.15, 0.2) is 5.96 Å². The number of hydrogen-bond acceptors (Lipinski definition) is 2. The Kier molecular flexibility index (Phi) is 4.15. The number of β-amino-alcohol motifs (C(OH)–C–C–N with tert-alkyl or cyclic N) is 1. The maximum Gasteiger partial charge on any atom is 0.194 e. The summed E-state index contributed by atoms with van der Waals surface area (Å²) in [6, 6.07) is 9.11. The summed E-state index contributed by atoms with van der Waals surface area (Å²) in [5, 5.41) is 13.3. The van der Waals surface area contributed by atoms with Gasteiger partial charge in [-0.1, -0.05) is 24.3 Å². The number of nitrogens with zero attached hydrogens (tertiary/aromatic N) is 2. The first-order valence-corrected chi connectivity index (χ1v) is 7.98. The number of rotatable bonds is 3. The SMILES string of the molecule is CCN=C(NC1CC1c1ccccc1C)N1CC[C@@H](O)C1. The summed E-state index contributed by atoms with van der Waals surface area (Å²) >= 11 is 0. The van der Waals surface area contributed by atoms with Gasteiger partial charge in [-0.15, -0.1) is 0 Å². The van der Waals surface area contributed by atoms with Crippen LogP contribution in [0.3, 0.4) is 0 Å². The van der Waals surface area contributed by atoms with Crippen LogP contribution in [0.1, 0.15) is 36.8 Å². The van der Waals surface area contributed by atoms with Crippen LogP contribution in [0.5, 0.6) is 0 Å². The molecule has 1 heterocycles. The van der Waals surface area contributed by atoms with Gasteiger partial charge in [0.2, 0.25) is 0 Å². The fourth-order valence-corrected chi connectivity index (χ4v) is 3.19. The van der Waals surface area contributed by atoms with Crippen LogP contribution in [0.25, 0.3) is 0 Å². The van der Waals surface area contributed by atoms with Crippen molar-refractivity contribution in [3.05, 3.63) is 35.4 Å². The van der Waals surface area contributed by atoms with E-state index in [1.807, 2.05) is 0 Å². The highest BCUT2D eigenvalue weighted by atomic mass is 16.3. The molecule has 1 aromatic carbocycles. The van der Waals surface area contributed by atoms with E-state index in [0.717, 1.165) is 25.5 Å². The number of aryl methyl sites for hydroxylation is 1. The fraction of sp³-hybridized carbons (Fsp3) is 0.588. The van der Waals surface area contributed by atoms with Gasteiger partial charge in [0.1, 0.15) is 0 Å². The molecule has 0 radical (unpaired) electrons. The monoisotopic (exact) mass is 287 g/mol. The van der Waals surface area contributed by atoms with Gasteiger partial charge in [0.05, 0.1) is 6.10 Å². The van der Waals surface area contributed by atoms with Crippen molar-refractivity contribution in [2.24, 2.45) is 4.99 Å². The molecule has 1 aliphatic heterocycles. The third-order valence-electron chi connectivity index (χ3n) is 4.46. The van der Waals surface area contributed by atoms with Crippen LogP contribution in [0.2, 0.25) is 0 Å². The van der Waals surface area contributed by atoms with Gasteiger partial charge in [-0.3, -0.25) is 4.99 Å². The van der Waals surface area contributed by atoms with E-state index in [0.29, 0.717) is 18.5 Å². The zero-order valence-electron chi connectivity index (χ0n) is 12.9. The minimum atomic E-state index is -0.208. The van der Waals surface area contributed by atoms with Gasteiger partial charge < -0.3 is 15.3 Å². The molecule has 4 nitrogen and oxygen atoms in total. The molecule has 114 valence electrons. The van der Waals surface area contributed by atoms with Gasteiger partial charge in [0.25, 0.3) is 0 Å². The first-order valence-electron chi connectivity index (χ1n) is 7.98. The summed E-state index contributed by atoms with van der Waals surface area (Å²) in [6.45, 7) is 6.61. The van der Waals surface area contributed by atoms with E-state index in [4.69, 9.17) is 0 Å². The Bertz CT molecular complexity index is 529. The Morgan fingerprint density at radius 2 is 2.24 bits per heavy atom. The van der Waals surface area contributed by atoms with Crippen molar-refractivity contribution in [2.75, 3.05) is 19.6 Å². The molecule has 2 unspecified atom stereocenters. The Labute approximate surface area is 126 Å². The van der Waals surface area contributed by atoms with E-state index in [2.05, 4.69) is 53.3 Å². The van der Waals surface area contributed by atoms with Crippen molar-refractivity contribution in [3.8, 4) is 0 Å². The average Bonchev–Trinajstić information content (AvgIpc) is 3.09. The number of guanidine groups is 1. The molecule has 2 fully saturated rings. The van der Waals surface area contributed by atoms with Crippen molar-refractivity contribution in [1.29, 1.82) is 0 Å². The molecule has 0 aromatic heterocycles. The van der Waals surface area contributed by atoms with Crippen LogP contribution >= 0.6 is 0 Å². The normalized spacial score (nSPS) is 28.8. The van der Waals surface area contributed by atoms with E-state index in [1.165, 1.54) is 17.5 Å². The van der Waals surface area contributed by atoms with E-state index in [9.17, 15) is 5.11 Å². The maximum absolute atomic E-state index is 9.71. The predicted molar refractivity (Wildman–Crippen MR) is 85.6 cm³/mol. The topological polar surface area (TPSA) is 47.9 Å². The van der Waals surface area contributed by atoms with Gasteiger partial charge in [-0.05, 0) is 37.8 Å². The molecule has 1 aromatic rings. The summed E-state index contributed by atoms with van der Waals surface area (Å²) in [5.41, 5.74) is 2.82. The van der Waals surface area contributed by atoms with Crippen molar-refractivity contribution in [3.63, 3.8) is 0 Å². The first kappa shape index (κ1) is 14.4. The lowest BCUT2D eigenvalue weighted by Gasteiger charge is -2.21. The van der Waals surface area contributed by atoms with Crippen LogP contribution in [0, 0.1) is 6.92 Å². The smallest absolute Gasteiger partial charge is 0.194 e. The highest BCUT2D eigenvalue weighted by Crippen LogP contribution is 2.42. The Morgan fingerprint density at radius 1 is 1.43 bits per heavy atom. The predicted octanol–water partition coefficient (Wildman–Crippen LogP) is 1.88. The minimum absolute atomic E-state index is 0.208. The number of aliphatic hydroxyl groups is 1. The lowest BCUT2D eigenvalue weighted by Crippen LogP contribution is -2.42. The molecule has 3 rings (SSSR count). The molecule has 21 heavy (non-hydrogen) atoms. The summed E-state index contributed by atoms with van der Waals surface area (Å²) < 4.78 is 0. The number of aliphatic imine (C=N–C) groups is 1. The summed E-state index contributed by atoms with van der Waals surface area (Å²) in [5.74, 6) is 1.57. The molecule has 1 saturated carbocycles. The van der Waals surface area contributed by atoms with E-state index in [-0.39, 0.29) is 6.10 Å². The van der Waals surface area contributed by atoms with Gasteiger partial charge in [0, 0.05) is 31.6 Å². The van der Waals surface area contributed by atoms with Gasteiger partial charge in [-0.25, -0.2) is 0 Å². The van der Waals surface area contributed by atoms with Crippen molar-refractivity contribution >= 4 is 5.96 Å². The summed E-state index contributed by atoms with van der Waals surface area (Å²) in [4.78, 5) is 6.77. The lowest BCUT2D eigenvalue weighted by molar-refractivity contribution is 0.187. The van der Waals surface area contributed by atoms with Gasteiger partial charge in [-0.2, -0.15) is 0 Å². The number of likely N-dealkylation sites (tertiary alicyclic amines) is 1. The van der Waals surface area contributed by atoms with E-state index < -0.39 is 0 Å². The average molecular weight is 287 g/mol. The van der Waals surface area contributed by atoms with Crippen molar-refractivity contribution in [2.45, 2.75) is 44.8 Å². The number of hydrogen-bond donors (Lipinski definition) is 2. The Hall–Kier alpha value is -1.55. The zero-order valence-corrected chi connectivity index (χ0v) is 12.9. The Balaban J connectivity index is 1.64. The molecule has 2 N–H and O–H groups in total. The minimum Gasteiger partial charge on any atom is -0.391 e. The second-order valence-corrected chi connectivity index (χ2v) is 6.14. The fourth-order valence-electron chi connectivity index (χ4n) is 3.19. The first-order chi connectivity index (χ1) is 10.2. The van der Waals surface area contributed by atoms with E-state index in [1.54, 1.807) is 0 Å². The second-order valence-electron chi connectivity index (χ2n) is 6.14. The van der Waals surface area contributed by atoms with Crippen molar-refractivity contribution in [1.82, 2.24) is 10.2 Å². The van der Waals surface area contributed by atoms with Crippen LogP contribution < -0.4 is 5.32 Å². The quantitative estimate of drug-likeness (QED) is 0.659. The molecule has 1 aliphatic carbocycles. The van der Waals surface area contributed by atoms with Crippen LogP contribution in [0.4, 0.5) is 0 Å². The Morgan fingerprint density at radius 3 is 2.90 bits per heavy atom. The number of benzene rings is 1. The highest BCUT2D eigenvalue weighted by molar-refractivity contribution is 5.81. The van der Waals surface area contributed by atoms with Crippen LogP contribution in [0.15, 0.2) is 29.3 Å². The highest BCUT2D eigenvalue weighted by Gasteiger charge is 2.40. The molecular weight excluding hydrogens is 262 g/mol. The standard InChI is InChI=1S/C17H25N3O/c1-3-18-17(20-9-8-13(21)11-20)19-16-10-15(16)14-7-5-4-6-12(14)2/h4-7,13,15-16,21H,3,8-11H2,1-2H3,(H,18,19)/t13-,15?,16?/m1/s1. The summed E-state index contributed by atoms with van der Waals surface area (Å²) in [7, 11) is 0. The van der Waals surface area contributed by atoms with E-state index >= 15 is 0 Å². The maximum atomic E-state index is 9.71. The molecular formula is C17H25N3O. The zero-order chi connectivity index (χ0) is 14.8. The van der Waals surface area contributed by atoms with Crippen LogP contribution in [-0.2, 0) is 0 Å². The molecule has 0 bridgehead atoms. The number of nitrogens with one attached hydrogen (secondary N) is 1. The third-order valence-corrected chi connectivity index (χ3v) is 4.46. The molecule has 0 amide bonds. The molecule has 1 saturated heterocycles.